The molecule has 5 nitrogen and oxygen atoms in total. The summed E-state index contributed by atoms with van der Waals surface area (Å²) < 4.78 is 1.69. The Kier molecular flexibility index (Phi) is 4.81. The molecule has 2 rings (SSSR count). The van der Waals surface area contributed by atoms with Gasteiger partial charge in [-0.2, -0.15) is 5.10 Å². The average molecular weight is 279 g/mol. The van der Waals surface area contributed by atoms with Gasteiger partial charge in [-0.25, -0.2) is 0 Å². The largest absolute Gasteiger partial charge is 0.396 e. The molecule has 2 heterocycles. The van der Waals surface area contributed by atoms with Crippen LogP contribution in [0.2, 0.25) is 0 Å². The van der Waals surface area contributed by atoms with Crippen LogP contribution in [0.15, 0.2) is 12.4 Å². The second-order valence-corrected chi connectivity index (χ2v) is 6.04. The molecule has 1 saturated heterocycles. The van der Waals surface area contributed by atoms with Crippen LogP contribution in [0.3, 0.4) is 0 Å². The number of carbonyl (C=O) groups is 1. The molecule has 1 aromatic rings. The van der Waals surface area contributed by atoms with E-state index >= 15 is 0 Å². The molecule has 1 aromatic heterocycles. The highest BCUT2D eigenvalue weighted by Crippen LogP contribution is 2.34. The Labute approximate surface area is 120 Å². The molecule has 20 heavy (non-hydrogen) atoms. The maximum absolute atomic E-state index is 12.4. The van der Waals surface area contributed by atoms with E-state index in [1.54, 1.807) is 10.9 Å². The SMILES string of the molecule is CCC[C@@]1(CO)CCCN(C(=O)Cn2cc(C)cn2)C1. The van der Waals surface area contributed by atoms with E-state index in [-0.39, 0.29) is 17.9 Å². The Morgan fingerprint density at radius 2 is 2.35 bits per heavy atom. The van der Waals surface area contributed by atoms with Crippen molar-refractivity contribution in [3.63, 3.8) is 0 Å². The molecule has 0 radical (unpaired) electrons. The van der Waals surface area contributed by atoms with Gasteiger partial charge in [0, 0.05) is 24.7 Å². The summed E-state index contributed by atoms with van der Waals surface area (Å²) in [6.07, 6.45) is 7.66. The average Bonchev–Trinajstić information content (AvgIpc) is 2.84. The summed E-state index contributed by atoms with van der Waals surface area (Å²) in [5.41, 5.74) is 0.968. The minimum atomic E-state index is -0.0946. The van der Waals surface area contributed by atoms with E-state index in [0.717, 1.165) is 37.8 Å². The van der Waals surface area contributed by atoms with Crippen LogP contribution in [0.25, 0.3) is 0 Å². The number of aromatic nitrogens is 2. The third-order valence-corrected chi connectivity index (χ3v) is 4.19. The molecular weight excluding hydrogens is 254 g/mol. The molecule has 1 aliphatic heterocycles. The molecule has 1 atom stereocenters. The van der Waals surface area contributed by atoms with Gasteiger partial charge in [0.05, 0.1) is 12.8 Å². The van der Waals surface area contributed by atoms with E-state index in [0.29, 0.717) is 13.1 Å². The molecule has 0 spiro atoms. The van der Waals surface area contributed by atoms with Crippen LogP contribution in [-0.4, -0.2) is 45.4 Å². The van der Waals surface area contributed by atoms with E-state index in [2.05, 4.69) is 12.0 Å². The Morgan fingerprint density at radius 1 is 1.55 bits per heavy atom. The van der Waals surface area contributed by atoms with Crippen LogP contribution in [-0.2, 0) is 11.3 Å². The smallest absolute Gasteiger partial charge is 0.244 e. The number of carbonyl (C=O) groups excluding carboxylic acids is 1. The van der Waals surface area contributed by atoms with Crippen molar-refractivity contribution in [3.8, 4) is 0 Å². The highest BCUT2D eigenvalue weighted by atomic mass is 16.3. The fourth-order valence-electron chi connectivity index (χ4n) is 3.16. The Balaban J connectivity index is 1.99. The Morgan fingerprint density at radius 3 is 2.95 bits per heavy atom. The lowest BCUT2D eigenvalue weighted by molar-refractivity contribution is -0.136. The van der Waals surface area contributed by atoms with E-state index in [1.165, 1.54) is 0 Å². The second-order valence-electron chi connectivity index (χ2n) is 6.04. The first-order chi connectivity index (χ1) is 9.58. The van der Waals surface area contributed by atoms with Crippen LogP contribution >= 0.6 is 0 Å². The molecular formula is C15H25N3O2. The predicted molar refractivity (Wildman–Crippen MR) is 77.2 cm³/mol. The number of piperidine rings is 1. The molecule has 1 N–H and O–H groups in total. The summed E-state index contributed by atoms with van der Waals surface area (Å²) in [4.78, 5) is 14.3. The topological polar surface area (TPSA) is 58.4 Å². The van der Waals surface area contributed by atoms with Crippen LogP contribution in [0.4, 0.5) is 0 Å². The minimum Gasteiger partial charge on any atom is -0.396 e. The summed E-state index contributed by atoms with van der Waals surface area (Å²) in [7, 11) is 0. The van der Waals surface area contributed by atoms with E-state index in [4.69, 9.17) is 0 Å². The zero-order valence-electron chi connectivity index (χ0n) is 12.5. The first kappa shape index (κ1) is 15.0. The lowest BCUT2D eigenvalue weighted by atomic mass is 9.77. The van der Waals surface area contributed by atoms with Crippen LogP contribution < -0.4 is 0 Å². The number of hydrogen-bond acceptors (Lipinski definition) is 3. The number of likely N-dealkylation sites (tertiary alicyclic amines) is 1. The number of nitrogens with zero attached hydrogens (tertiary/aromatic N) is 3. The van der Waals surface area contributed by atoms with Gasteiger partial charge in [-0.15, -0.1) is 0 Å². The van der Waals surface area contributed by atoms with Crippen molar-refractivity contribution in [3.05, 3.63) is 18.0 Å². The van der Waals surface area contributed by atoms with Gasteiger partial charge in [0.2, 0.25) is 5.91 Å². The maximum Gasteiger partial charge on any atom is 0.244 e. The fourth-order valence-corrected chi connectivity index (χ4v) is 3.16. The van der Waals surface area contributed by atoms with Gasteiger partial charge in [0.15, 0.2) is 0 Å². The number of amides is 1. The second kappa shape index (κ2) is 6.39. The first-order valence-electron chi connectivity index (χ1n) is 7.46. The third kappa shape index (κ3) is 3.39. The van der Waals surface area contributed by atoms with Crippen LogP contribution in [0.5, 0.6) is 0 Å². The van der Waals surface area contributed by atoms with Gasteiger partial charge in [0.1, 0.15) is 6.54 Å². The molecule has 1 amide bonds. The molecule has 0 aromatic carbocycles. The van der Waals surface area contributed by atoms with Crippen molar-refractivity contribution >= 4 is 5.91 Å². The van der Waals surface area contributed by atoms with Crippen molar-refractivity contribution in [1.29, 1.82) is 0 Å². The standard InChI is InChI=1S/C15H25N3O2/c1-3-5-15(12-19)6-4-7-17(11-15)14(20)10-18-9-13(2)8-16-18/h8-9,19H,3-7,10-12H2,1-2H3/t15-/m1/s1. The van der Waals surface area contributed by atoms with Gasteiger partial charge in [-0.05, 0) is 31.7 Å². The van der Waals surface area contributed by atoms with Gasteiger partial charge < -0.3 is 10.0 Å². The summed E-state index contributed by atoms with van der Waals surface area (Å²) in [6.45, 7) is 6.03. The molecule has 1 fully saturated rings. The number of aliphatic hydroxyl groups is 1. The van der Waals surface area contributed by atoms with Gasteiger partial charge in [-0.3, -0.25) is 9.48 Å². The normalized spacial score (nSPS) is 23.1. The highest BCUT2D eigenvalue weighted by Gasteiger charge is 2.35. The van der Waals surface area contributed by atoms with Crippen molar-refractivity contribution < 1.29 is 9.90 Å². The highest BCUT2D eigenvalue weighted by molar-refractivity contribution is 5.76. The number of aliphatic hydroxyl groups excluding tert-OH is 1. The van der Waals surface area contributed by atoms with Gasteiger partial charge in [-0.1, -0.05) is 13.3 Å². The third-order valence-electron chi connectivity index (χ3n) is 4.19. The summed E-state index contributed by atoms with van der Waals surface area (Å²) in [6, 6.07) is 0. The Bertz CT molecular complexity index is 454. The summed E-state index contributed by atoms with van der Waals surface area (Å²) in [5.74, 6) is 0.0988. The van der Waals surface area contributed by atoms with Crippen molar-refractivity contribution in [2.45, 2.75) is 46.1 Å². The van der Waals surface area contributed by atoms with E-state index in [9.17, 15) is 9.90 Å². The molecule has 0 unspecified atom stereocenters. The van der Waals surface area contributed by atoms with Gasteiger partial charge >= 0.3 is 0 Å². The number of rotatable bonds is 5. The van der Waals surface area contributed by atoms with Crippen LogP contribution in [0.1, 0.15) is 38.2 Å². The predicted octanol–water partition coefficient (Wildman–Crippen LogP) is 1.59. The number of aryl methyl sites for hydroxylation is 1. The number of hydrogen-bond donors (Lipinski definition) is 1. The zero-order chi connectivity index (χ0) is 14.6. The molecule has 0 bridgehead atoms. The van der Waals surface area contributed by atoms with Crippen molar-refractivity contribution in [2.75, 3.05) is 19.7 Å². The zero-order valence-corrected chi connectivity index (χ0v) is 12.5. The minimum absolute atomic E-state index is 0.0946. The van der Waals surface area contributed by atoms with E-state index in [1.807, 2.05) is 18.0 Å². The lowest BCUT2D eigenvalue weighted by Crippen LogP contribution is -2.48. The molecule has 0 saturated carbocycles. The molecule has 112 valence electrons. The lowest BCUT2D eigenvalue weighted by Gasteiger charge is -2.41. The maximum atomic E-state index is 12.4. The monoisotopic (exact) mass is 279 g/mol. The van der Waals surface area contributed by atoms with Crippen molar-refractivity contribution in [2.24, 2.45) is 5.41 Å². The van der Waals surface area contributed by atoms with Crippen molar-refractivity contribution in [1.82, 2.24) is 14.7 Å². The summed E-state index contributed by atoms with van der Waals surface area (Å²) in [5, 5.41) is 13.9. The van der Waals surface area contributed by atoms with Gasteiger partial charge in [0.25, 0.3) is 0 Å². The fraction of sp³-hybridized carbons (Fsp3) is 0.733. The molecule has 0 aliphatic carbocycles. The quantitative estimate of drug-likeness (QED) is 0.890. The Hall–Kier alpha value is -1.36. The summed E-state index contributed by atoms with van der Waals surface area (Å²) >= 11 is 0. The van der Waals surface area contributed by atoms with E-state index < -0.39 is 0 Å². The molecule has 5 heteroatoms. The molecule has 1 aliphatic rings. The first-order valence-corrected chi connectivity index (χ1v) is 7.46. The van der Waals surface area contributed by atoms with Crippen LogP contribution in [0, 0.1) is 12.3 Å².